The number of hydrogen-bond acceptors (Lipinski definition) is 4. The summed E-state index contributed by atoms with van der Waals surface area (Å²) < 4.78 is 7.28. The van der Waals surface area contributed by atoms with Crippen molar-refractivity contribution in [2.24, 2.45) is 7.05 Å². The Labute approximate surface area is 139 Å². The van der Waals surface area contributed by atoms with Crippen molar-refractivity contribution in [3.8, 4) is 11.4 Å². The van der Waals surface area contributed by atoms with Gasteiger partial charge in [-0.15, -0.1) is 0 Å². The highest BCUT2D eigenvalue weighted by Crippen LogP contribution is 2.28. The lowest BCUT2D eigenvalue weighted by Crippen LogP contribution is -2.29. The largest absolute Gasteiger partial charge is 0.347 e. The Balaban J connectivity index is 1.49. The molecule has 24 heavy (non-hydrogen) atoms. The number of amides is 1. The van der Waals surface area contributed by atoms with Gasteiger partial charge in [-0.3, -0.25) is 4.79 Å². The van der Waals surface area contributed by atoms with Crippen LogP contribution in [0.1, 0.15) is 28.7 Å². The van der Waals surface area contributed by atoms with E-state index in [-0.39, 0.29) is 11.8 Å². The minimum atomic E-state index is 0.0489. The summed E-state index contributed by atoms with van der Waals surface area (Å²) in [7, 11) is 1.88. The number of carbonyl (C=O) groups excluding carboxylic acids is 1. The van der Waals surface area contributed by atoms with Gasteiger partial charge in [0.25, 0.3) is 5.91 Å². The fourth-order valence-corrected chi connectivity index (χ4v) is 3.10. The second-order valence-electron chi connectivity index (χ2n) is 6.06. The lowest BCUT2D eigenvalue weighted by atomic mass is 10.1. The Bertz CT molecular complexity index is 853. The van der Waals surface area contributed by atoms with E-state index in [0.717, 1.165) is 12.0 Å². The van der Waals surface area contributed by atoms with Gasteiger partial charge >= 0.3 is 0 Å². The van der Waals surface area contributed by atoms with Gasteiger partial charge in [0.1, 0.15) is 5.69 Å². The maximum absolute atomic E-state index is 12.6. The molecular formula is C18H18N4O2. The zero-order valence-corrected chi connectivity index (χ0v) is 13.4. The summed E-state index contributed by atoms with van der Waals surface area (Å²) in [5, 5.41) is 4.07. The number of nitrogens with zero attached hydrogens (tertiary/aromatic N) is 4. The van der Waals surface area contributed by atoms with E-state index in [1.165, 1.54) is 0 Å². The van der Waals surface area contributed by atoms with Crippen molar-refractivity contribution in [3.05, 3.63) is 60.2 Å². The average molecular weight is 322 g/mol. The standard InChI is InChI=1S/C18H18N4O2/c1-21-10-5-8-15(21)18(23)22-11-9-14(12-22)17-19-16(20-24-17)13-6-3-2-4-7-13/h2-8,10,14H,9,11-12H2,1H3/t14-/m1/s1. The Kier molecular flexibility index (Phi) is 3.65. The van der Waals surface area contributed by atoms with Crippen molar-refractivity contribution in [1.29, 1.82) is 0 Å². The van der Waals surface area contributed by atoms with Crippen LogP contribution in [0.2, 0.25) is 0 Å². The van der Waals surface area contributed by atoms with Crippen molar-refractivity contribution < 1.29 is 9.32 Å². The zero-order valence-electron chi connectivity index (χ0n) is 13.4. The molecule has 122 valence electrons. The molecule has 3 heterocycles. The summed E-state index contributed by atoms with van der Waals surface area (Å²) >= 11 is 0. The van der Waals surface area contributed by atoms with Gasteiger partial charge in [-0.1, -0.05) is 35.5 Å². The fraction of sp³-hybridized carbons (Fsp3) is 0.278. The third kappa shape index (κ3) is 2.60. The van der Waals surface area contributed by atoms with Crippen LogP contribution in [0.3, 0.4) is 0 Å². The Morgan fingerprint density at radius 2 is 2.04 bits per heavy atom. The minimum Gasteiger partial charge on any atom is -0.347 e. The number of likely N-dealkylation sites (tertiary alicyclic amines) is 1. The van der Waals surface area contributed by atoms with Crippen LogP contribution in [0, 0.1) is 0 Å². The van der Waals surface area contributed by atoms with Crippen molar-refractivity contribution in [3.63, 3.8) is 0 Å². The van der Waals surface area contributed by atoms with Gasteiger partial charge in [0.15, 0.2) is 0 Å². The molecule has 0 unspecified atom stereocenters. The van der Waals surface area contributed by atoms with E-state index in [4.69, 9.17) is 4.52 Å². The molecule has 0 spiro atoms. The SMILES string of the molecule is Cn1cccc1C(=O)N1CC[C@@H](c2nc(-c3ccccc3)no2)C1. The van der Waals surface area contributed by atoms with Crippen LogP contribution in [0.4, 0.5) is 0 Å². The number of hydrogen-bond donors (Lipinski definition) is 0. The highest BCUT2D eigenvalue weighted by molar-refractivity contribution is 5.93. The van der Waals surface area contributed by atoms with E-state index in [0.29, 0.717) is 30.5 Å². The summed E-state index contributed by atoms with van der Waals surface area (Å²) in [6.45, 7) is 1.32. The zero-order chi connectivity index (χ0) is 16.5. The molecule has 1 aliphatic rings. The first kappa shape index (κ1) is 14.7. The molecule has 1 amide bonds. The van der Waals surface area contributed by atoms with E-state index in [2.05, 4.69) is 10.1 Å². The number of benzene rings is 1. The van der Waals surface area contributed by atoms with E-state index in [9.17, 15) is 4.79 Å². The smallest absolute Gasteiger partial charge is 0.270 e. The Morgan fingerprint density at radius 3 is 2.79 bits per heavy atom. The quantitative estimate of drug-likeness (QED) is 0.744. The normalized spacial score (nSPS) is 17.4. The van der Waals surface area contributed by atoms with Crippen LogP contribution in [0.5, 0.6) is 0 Å². The molecule has 2 aromatic heterocycles. The van der Waals surface area contributed by atoms with Gasteiger partial charge in [0.2, 0.25) is 11.7 Å². The van der Waals surface area contributed by atoms with Crippen molar-refractivity contribution in [2.75, 3.05) is 13.1 Å². The summed E-state index contributed by atoms with van der Waals surface area (Å²) in [4.78, 5) is 18.9. The number of rotatable bonds is 3. The molecule has 3 aromatic rings. The highest BCUT2D eigenvalue weighted by atomic mass is 16.5. The molecule has 1 fully saturated rings. The first-order valence-corrected chi connectivity index (χ1v) is 8.02. The van der Waals surface area contributed by atoms with Crippen LogP contribution in [0.25, 0.3) is 11.4 Å². The average Bonchev–Trinajstić information content (AvgIpc) is 3.35. The van der Waals surface area contributed by atoms with Crippen molar-refractivity contribution in [1.82, 2.24) is 19.6 Å². The van der Waals surface area contributed by atoms with E-state index >= 15 is 0 Å². The monoisotopic (exact) mass is 322 g/mol. The summed E-state index contributed by atoms with van der Waals surface area (Å²) in [5.41, 5.74) is 1.63. The lowest BCUT2D eigenvalue weighted by molar-refractivity contribution is 0.0780. The van der Waals surface area contributed by atoms with Gasteiger partial charge in [0, 0.05) is 31.9 Å². The minimum absolute atomic E-state index is 0.0489. The van der Waals surface area contributed by atoms with Crippen LogP contribution in [-0.2, 0) is 7.05 Å². The molecule has 1 saturated heterocycles. The first-order chi connectivity index (χ1) is 11.7. The maximum atomic E-state index is 12.6. The molecule has 0 radical (unpaired) electrons. The van der Waals surface area contributed by atoms with Crippen LogP contribution >= 0.6 is 0 Å². The number of aromatic nitrogens is 3. The van der Waals surface area contributed by atoms with Crippen molar-refractivity contribution in [2.45, 2.75) is 12.3 Å². The molecule has 4 rings (SSSR count). The predicted molar refractivity (Wildman–Crippen MR) is 88.4 cm³/mol. The maximum Gasteiger partial charge on any atom is 0.270 e. The highest BCUT2D eigenvalue weighted by Gasteiger charge is 2.32. The van der Waals surface area contributed by atoms with Gasteiger partial charge in [0.05, 0.1) is 5.92 Å². The predicted octanol–water partition coefficient (Wildman–Crippen LogP) is 2.70. The van der Waals surface area contributed by atoms with Crippen molar-refractivity contribution >= 4 is 5.91 Å². The molecule has 1 aromatic carbocycles. The molecule has 1 atom stereocenters. The molecule has 0 saturated carbocycles. The van der Waals surface area contributed by atoms with Crippen LogP contribution in [-0.4, -0.2) is 38.6 Å². The third-order valence-electron chi connectivity index (χ3n) is 4.46. The molecule has 1 aliphatic heterocycles. The van der Waals surface area contributed by atoms with Gasteiger partial charge in [-0.05, 0) is 18.6 Å². The molecule has 0 aliphatic carbocycles. The van der Waals surface area contributed by atoms with E-state index in [1.807, 2.05) is 65.2 Å². The topological polar surface area (TPSA) is 64.2 Å². The number of carbonyl (C=O) groups is 1. The summed E-state index contributed by atoms with van der Waals surface area (Å²) in [5.74, 6) is 1.35. The van der Waals surface area contributed by atoms with Crippen LogP contribution < -0.4 is 0 Å². The van der Waals surface area contributed by atoms with Gasteiger partial charge in [-0.25, -0.2) is 0 Å². The Morgan fingerprint density at radius 1 is 1.21 bits per heavy atom. The Hall–Kier alpha value is -2.89. The second-order valence-corrected chi connectivity index (χ2v) is 6.06. The molecule has 0 N–H and O–H groups in total. The third-order valence-corrected chi connectivity index (χ3v) is 4.46. The second kappa shape index (κ2) is 5.96. The lowest BCUT2D eigenvalue weighted by Gasteiger charge is -2.16. The van der Waals surface area contributed by atoms with Gasteiger partial charge < -0.3 is 14.0 Å². The van der Waals surface area contributed by atoms with Crippen LogP contribution in [0.15, 0.2) is 53.2 Å². The summed E-state index contributed by atoms with van der Waals surface area (Å²) in [6.07, 6.45) is 2.72. The molecular weight excluding hydrogens is 304 g/mol. The molecule has 0 bridgehead atoms. The number of aryl methyl sites for hydroxylation is 1. The fourth-order valence-electron chi connectivity index (χ4n) is 3.10. The summed E-state index contributed by atoms with van der Waals surface area (Å²) in [6, 6.07) is 13.5. The van der Waals surface area contributed by atoms with Gasteiger partial charge in [-0.2, -0.15) is 4.98 Å². The van der Waals surface area contributed by atoms with E-state index < -0.39 is 0 Å². The first-order valence-electron chi connectivity index (χ1n) is 8.02. The van der Waals surface area contributed by atoms with E-state index in [1.54, 1.807) is 0 Å². The molecule has 6 nitrogen and oxygen atoms in total. The molecule has 6 heteroatoms.